The van der Waals surface area contributed by atoms with Crippen LogP contribution in [0.3, 0.4) is 0 Å². The second-order valence-electron chi connectivity index (χ2n) is 8.38. The number of carbonyl (C=O) groups is 2. The lowest BCUT2D eigenvalue weighted by atomic mass is 10.1. The first-order chi connectivity index (χ1) is 16.0. The Kier molecular flexibility index (Phi) is 10.0. The number of sulfonamides is 1. The van der Waals surface area contributed by atoms with Crippen molar-refractivity contribution in [3.8, 4) is 0 Å². The Morgan fingerprint density at radius 3 is 2.24 bits per heavy atom. The molecule has 0 bridgehead atoms. The molecule has 0 saturated carbocycles. The number of nitrogens with zero attached hydrogens (tertiary/aromatic N) is 2. The maximum atomic E-state index is 14.3. The number of rotatable bonds is 12. The Morgan fingerprint density at radius 1 is 1.03 bits per heavy atom. The number of carbonyl (C=O) groups excluding carboxylic acids is 2. The molecule has 1 N–H and O–H groups in total. The minimum absolute atomic E-state index is 0.00819. The number of hydrogen-bond acceptors (Lipinski definition) is 4. The van der Waals surface area contributed by atoms with Crippen LogP contribution in [0.15, 0.2) is 54.6 Å². The number of benzene rings is 2. The first kappa shape index (κ1) is 27.3. The average molecular weight is 492 g/mol. The highest BCUT2D eigenvalue weighted by atomic mass is 32.2. The molecule has 2 rings (SSSR count). The molecule has 2 aromatic carbocycles. The Bertz CT molecular complexity index is 1060. The van der Waals surface area contributed by atoms with Gasteiger partial charge in [-0.1, -0.05) is 43.3 Å². The van der Waals surface area contributed by atoms with Crippen LogP contribution in [0, 0.1) is 5.82 Å². The van der Waals surface area contributed by atoms with Gasteiger partial charge in [-0.25, -0.2) is 12.8 Å². The first-order valence-electron chi connectivity index (χ1n) is 11.4. The molecule has 0 radical (unpaired) electrons. The smallest absolute Gasteiger partial charge is 0.242 e. The van der Waals surface area contributed by atoms with Gasteiger partial charge >= 0.3 is 0 Å². The minimum atomic E-state index is -3.54. The normalized spacial score (nSPS) is 13.1. The summed E-state index contributed by atoms with van der Waals surface area (Å²) in [6.07, 6.45) is 2.11. The number of hydrogen-bond donors (Lipinski definition) is 1. The molecule has 0 aliphatic rings. The molecule has 0 spiro atoms. The maximum Gasteiger partial charge on any atom is 0.242 e. The van der Waals surface area contributed by atoms with Crippen molar-refractivity contribution in [1.82, 2.24) is 10.2 Å². The molecule has 0 aliphatic heterocycles. The van der Waals surface area contributed by atoms with Crippen molar-refractivity contribution in [1.29, 1.82) is 0 Å². The largest absolute Gasteiger partial charge is 0.352 e. The third kappa shape index (κ3) is 7.83. The van der Waals surface area contributed by atoms with E-state index in [2.05, 4.69) is 5.32 Å². The van der Waals surface area contributed by atoms with Gasteiger partial charge in [-0.05, 0) is 44.9 Å². The van der Waals surface area contributed by atoms with Crippen LogP contribution in [0.2, 0.25) is 0 Å². The van der Waals surface area contributed by atoms with E-state index in [0.717, 1.165) is 12.7 Å². The minimum Gasteiger partial charge on any atom is -0.352 e. The molecule has 2 aromatic rings. The molecule has 0 aromatic heterocycles. The van der Waals surface area contributed by atoms with E-state index in [-0.39, 0.29) is 43.8 Å². The van der Waals surface area contributed by atoms with Crippen LogP contribution in [0.4, 0.5) is 10.1 Å². The van der Waals surface area contributed by atoms with Crippen molar-refractivity contribution < 1.29 is 22.4 Å². The number of para-hydroxylation sites is 1. The van der Waals surface area contributed by atoms with Gasteiger partial charge in [0.25, 0.3) is 0 Å². The van der Waals surface area contributed by atoms with Crippen LogP contribution in [0.25, 0.3) is 0 Å². The first-order valence-corrected chi connectivity index (χ1v) is 13.3. The fourth-order valence-corrected chi connectivity index (χ4v) is 4.42. The molecular weight excluding hydrogens is 457 g/mol. The molecule has 0 saturated heterocycles. The van der Waals surface area contributed by atoms with E-state index in [4.69, 9.17) is 0 Å². The predicted octanol–water partition coefficient (Wildman–Crippen LogP) is 3.70. The summed E-state index contributed by atoms with van der Waals surface area (Å²) in [5, 5.41) is 2.87. The zero-order chi connectivity index (χ0) is 25.3. The lowest BCUT2D eigenvalue weighted by Gasteiger charge is -2.30. The van der Waals surface area contributed by atoms with Gasteiger partial charge in [0.15, 0.2) is 0 Å². The maximum absolute atomic E-state index is 14.3. The molecule has 0 heterocycles. The Hall–Kier alpha value is -2.94. The number of nitrogens with one attached hydrogen (secondary N) is 1. The lowest BCUT2D eigenvalue weighted by molar-refractivity contribution is -0.141. The summed E-state index contributed by atoms with van der Waals surface area (Å²) < 4.78 is 40.1. The van der Waals surface area contributed by atoms with E-state index < -0.39 is 21.9 Å². The van der Waals surface area contributed by atoms with E-state index in [1.807, 2.05) is 13.8 Å². The average Bonchev–Trinajstić information content (AvgIpc) is 2.80. The lowest BCUT2D eigenvalue weighted by Crippen LogP contribution is -2.49. The van der Waals surface area contributed by atoms with Crippen LogP contribution in [0.5, 0.6) is 0 Å². The molecule has 0 fully saturated rings. The van der Waals surface area contributed by atoms with Crippen molar-refractivity contribution >= 4 is 27.5 Å². The van der Waals surface area contributed by atoms with Crippen LogP contribution in [0.1, 0.15) is 45.6 Å². The molecule has 0 unspecified atom stereocenters. The second kappa shape index (κ2) is 12.5. The van der Waals surface area contributed by atoms with E-state index in [0.29, 0.717) is 11.3 Å². The summed E-state index contributed by atoms with van der Waals surface area (Å²) in [5.74, 6) is -1.13. The molecule has 7 nitrogen and oxygen atoms in total. The summed E-state index contributed by atoms with van der Waals surface area (Å²) in [6.45, 7) is 5.48. The van der Waals surface area contributed by atoms with Crippen molar-refractivity contribution in [3.63, 3.8) is 0 Å². The Morgan fingerprint density at radius 2 is 1.65 bits per heavy atom. The van der Waals surface area contributed by atoms with Crippen molar-refractivity contribution in [2.75, 3.05) is 17.1 Å². The third-order valence-corrected chi connectivity index (χ3v) is 6.86. The van der Waals surface area contributed by atoms with Gasteiger partial charge in [-0.2, -0.15) is 0 Å². The molecule has 2 atom stereocenters. The molecule has 9 heteroatoms. The molecule has 34 heavy (non-hydrogen) atoms. The van der Waals surface area contributed by atoms with Gasteiger partial charge in [0.2, 0.25) is 21.8 Å². The van der Waals surface area contributed by atoms with Gasteiger partial charge in [0.1, 0.15) is 11.9 Å². The van der Waals surface area contributed by atoms with E-state index in [1.165, 1.54) is 15.3 Å². The highest BCUT2D eigenvalue weighted by Crippen LogP contribution is 2.19. The van der Waals surface area contributed by atoms with Crippen molar-refractivity contribution in [2.45, 2.75) is 58.7 Å². The second-order valence-corrected chi connectivity index (χ2v) is 10.3. The standard InChI is InChI=1S/C25H34FN3O4S/c1-5-19(2)27-25(31)20(3)28(18-21-12-9-10-15-23(21)26)24(30)16-11-17-29(34(4,32)33)22-13-7-6-8-14-22/h6-10,12-15,19-20H,5,11,16-18H2,1-4H3,(H,27,31)/t19-,20-/m0/s1. The highest BCUT2D eigenvalue weighted by Gasteiger charge is 2.27. The van der Waals surface area contributed by atoms with E-state index in [1.54, 1.807) is 55.5 Å². The van der Waals surface area contributed by atoms with Crippen LogP contribution >= 0.6 is 0 Å². The number of halogens is 1. The summed E-state index contributed by atoms with van der Waals surface area (Å²) >= 11 is 0. The van der Waals surface area contributed by atoms with Gasteiger partial charge in [0.05, 0.1) is 11.9 Å². The summed E-state index contributed by atoms with van der Waals surface area (Å²) in [6, 6.07) is 13.9. The zero-order valence-corrected chi connectivity index (χ0v) is 21.0. The number of amides is 2. The fraction of sp³-hybridized carbons (Fsp3) is 0.440. The Balaban J connectivity index is 2.16. The topological polar surface area (TPSA) is 86.8 Å². The fourth-order valence-electron chi connectivity index (χ4n) is 3.46. The van der Waals surface area contributed by atoms with Gasteiger partial charge in [0, 0.05) is 31.1 Å². The quantitative estimate of drug-likeness (QED) is 0.491. The monoisotopic (exact) mass is 491 g/mol. The molecule has 0 aliphatic carbocycles. The molecule has 186 valence electrons. The van der Waals surface area contributed by atoms with Gasteiger partial charge < -0.3 is 10.2 Å². The van der Waals surface area contributed by atoms with Crippen LogP contribution in [-0.4, -0.2) is 50.0 Å². The van der Waals surface area contributed by atoms with Crippen LogP contribution in [-0.2, 0) is 26.2 Å². The SMILES string of the molecule is CC[C@H](C)NC(=O)[C@H](C)N(Cc1ccccc1F)C(=O)CCCN(c1ccccc1)S(C)(=O)=O. The Labute approximate surface area is 202 Å². The predicted molar refractivity (Wildman–Crippen MR) is 132 cm³/mol. The molecular formula is C25H34FN3O4S. The third-order valence-electron chi connectivity index (χ3n) is 5.66. The summed E-state index contributed by atoms with van der Waals surface area (Å²) in [4.78, 5) is 27.3. The van der Waals surface area contributed by atoms with Gasteiger partial charge in [-0.15, -0.1) is 0 Å². The molecule has 2 amide bonds. The van der Waals surface area contributed by atoms with E-state index in [9.17, 15) is 22.4 Å². The van der Waals surface area contributed by atoms with Gasteiger partial charge in [-0.3, -0.25) is 13.9 Å². The van der Waals surface area contributed by atoms with Crippen molar-refractivity contribution in [3.05, 3.63) is 66.0 Å². The van der Waals surface area contributed by atoms with Crippen LogP contribution < -0.4 is 9.62 Å². The summed E-state index contributed by atoms with van der Waals surface area (Å²) in [5.41, 5.74) is 0.822. The highest BCUT2D eigenvalue weighted by molar-refractivity contribution is 7.92. The van der Waals surface area contributed by atoms with Crippen molar-refractivity contribution in [2.24, 2.45) is 0 Å². The summed E-state index contributed by atoms with van der Waals surface area (Å²) in [7, 11) is -3.54. The zero-order valence-electron chi connectivity index (χ0n) is 20.2. The number of anilines is 1. The van der Waals surface area contributed by atoms with E-state index >= 15 is 0 Å².